The lowest BCUT2D eigenvalue weighted by Crippen LogP contribution is -2.20. The summed E-state index contributed by atoms with van der Waals surface area (Å²) in [5.41, 5.74) is 6.36. The van der Waals surface area contributed by atoms with Gasteiger partial charge >= 0.3 is 0 Å². The summed E-state index contributed by atoms with van der Waals surface area (Å²) in [5.74, 6) is 0. The van der Waals surface area contributed by atoms with Crippen molar-refractivity contribution in [2.75, 3.05) is 0 Å². The van der Waals surface area contributed by atoms with E-state index < -0.39 is 0 Å². The summed E-state index contributed by atoms with van der Waals surface area (Å²) < 4.78 is 0. The van der Waals surface area contributed by atoms with Crippen LogP contribution in [0.3, 0.4) is 0 Å². The molecule has 0 nitrogen and oxygen atoms in total. The molecule has 0 heteroatoms. The smallest absolute Gasteiger partial charge is 0.0428 e. The molecular weight excluding hydrogens is 264 g/mol. The van der Waals surface area contributed by atoms with Crippen LogP contribution in [0.25, 0.3) is 0 Å². The Morgan fingerprint density at radius 2 is 1.50 bits per heavy atom. The molecule has 0 aromatic rings. The second-order valence-corrected chi connectivity index (χ2v) is 5.65. The molecule has 0 saturated heterocycles. The summed E-state index contributed by atoms with van der Waals surface area (Å²) in [6, 6.07) is 0. The zero-order chi connectivity index (χ0) is 16.8. The fourth-order valence-electron chi connectivity index (χ4n) is 3.16. The molecule has 0 fully saturated rings. The maximum absolute atomic E-state index is 4.05. The van der Waals surface area contributed by atoms with Crippen LogP contribution in [-0.4, -0.2) is 0 Å². The minimum atomic E-state index is -0.179. The standard InChI is InChI=1S/C22H28/c1-8-12-15-19(11-4)22(7)20(14-10-3)17(5)18(6)21(22)16-13-9-2/h8-16H,2,4H2,1,3,5-7H3/b12-8-,14-10-,16-13-,19-15+. The molecular formula is C22H28. The number of rotatable bonds is 6. The number of hydrogen-bond acceptors (Lipinski definition) is 0. The van der Waals surface area contributed by atoms with Crippen molar-refractivity contribution >= 4 is 0 Å². The third-order valence-electron chi connectivity index (χ3n) is 4.45. The van der Waals surface area contributed by atoms with E-state index in [1.807, 2.05) is 31.2 Å². The molecule has 0 N–H and O–H groups in total. The molecule has 0 amide bonds. The SMILES string of the molecule is C=C/C=C\C1=C(C)C(C)=C(/C=C\C)C1(C)/C(C=C)=C/C=C\C. The summed E-state index contributed by atoms with van der Waals surface area (Å²) in [7, 11) is 0. The lowest BCUT2D eigenvalue weighted by molar-refractivity contribution is 0.626. The van der Waals surface area contributed by atoms with Gasteiger partial charge in [-0.15, -0.1) is 0 Å². The van der Waals surface area contributed by atoms with Gasteiger partial charge in [0.05, 0.1) is 0 Å². The van der Waals surface area contributed by atoms with Crippen molar-refractivity contribution in [2.45, 2.75) is 34.6 Å². The van der Waals surface area contributed by atoms with E-state index in [9.17, 15) is 0 Å². The Labute approximate surface area is 136 Å². The lowest BCUT2D eigenvalue weighted by Gasteiger charge is -2.31. The molecule has 1 aliphatic carbocycles. The predicted octanol–water partition coefficient (Wildman–Crippen LogP) is 6.65. The van der Waals surface area contributed by atoms with Gasteiger partial charge in [0.1, 0.15) is 0 Å². The summed E-state index contributed by atoms with van der Waals surface area (Å²) in [5, 5.41) is 0. The fourth-order valence-corrected chi connectivity index (χ4v) is 3.16. The summed E-state index contributed by atoms with van der Waals surface area (Å²) in [4.78, 5) is 0. The average molecular weight is 292 g/mol. The normalized spacial score (nSPS) is 23.6. The summed E-state index contributed by atoms with van der Waals surface area (Å²) in [6.07, 6.45) is 18.6. The van der Waals surface area contributed by atoms with E-state index in [0.717, 1.165) is 0 Å². The van der Waals surface area contributed by atoms with Crippen LogP contribution in [0.1, 0.15) is 34.6 Å². The first-order valence-electron chi connectivity index (χ1n) is 7.79. The van der Waals surface area contributed by atoms with Crippen molar-refractivity contribution in [1.29, 1.82) is 0 Å². The number of hydrogen-bond donors (Lipinski definition) is 0. The molecule has 0 aromatic heterocycles. The summed E-state index contributed by atoms with van der Waals surface area (Å²) >= 11 is 0. The van der Waals surface area contributed by atoms with Gasteiger partial charge in [0.25, 0.3) is 0 Å². The Balaban J connectivity index is 3.69. The van der Waals surface area contributed by atoms with Gasteiger partial charge in [0.2, 0.25) is 0 Å². The van der Waals surface area contributed by atoms with E-state index in [2.05, 4.69) is 71.2 Å². The minimum absolute atomic E-state index is 0.179. The average Bonchev–Trinajstić information content (AvgIpc) is 2.68. The van der Waals surface area contributed by atoms with Crippen molar-refractivity contribution in [2.24, 2.45) is 5.41 Å². The Hall–Kier alpha value is -2.08. The first kappa shape index (κ1) is 18.0. The van der Waals surface area contributed by atoms with Gasteiger partial charge in [-0.1, -0.05) is 67.8 Å². The van der Waals surface area contributed by atoms with Crippen molar-refractivity contribution in [1.82, 2.24) is 0 Å². The zero-order valence-electron chi connectivity index (χ0n) is 14.6. The Kier molecular flexibility index (Phi) is 6.37. The van der Waals surface area contributed by atoms with Gasteiger partial charge in [-0.3, -0.25) is 0 Å². The van der Waals surface area contributed by atoms with E-state index in [0.29, 0.717) is 0 Å². The van der Waals surface area contributed by atoms with E-state index in [-0.39, 0.29) is 5.41 Å². The second-order valence-electron chi connectivity index (χ2n) is 5.65. The molecule has 1 rings (SSSR count). The first-order valence-corrected chi connectivity index (χ1v) is 7.79. The van der Waals surface area contributed by atoms with Crippen molar-refractivity contribution in [3.8, 4) is 0 Å². The van der Waals surface area contributed by atoms with Crippen LogP contribution in [0.15, 0.2) is 95.7 Å². The van der Waals surface area contributed by atoms with Gasteiger partial charge < -0.3 is 0 Å². The molecule has 0 saturated carbocycles. The molecule has 22 heavy (non-hydrogen) atoms. The maximum atomic E-state index is 4.05. The minimum Gasteiger partial charge on any atom is -0.0991 e. The van der Waals surface area contributed by atoms with Gasteiger partial charge in [-0.05, 0) is 62.5 Å². The van der Waals surface area contributed by atoms with E-state index >= 15 is 0 Å². The molecule has 116 valence electrons. The molecule has 0 heterocycles. The maximum Gasteiger partial charge on any atom is 0.0428 e. The van der Waals surface area contributed by atoms with Crippen LogP contribution in [0.5, 0.6) is 0 Å². The Bertz CT molecular complexity index is 627. The predicted molar refractivity (Wildman–Crippen MR) is 101 cm³/mol. The van der Waals surface area contributed by atoms with Crippen LogP contribution in [0, 0.1) is 5.41 Å². The lowest BCUT2D eigenvalue weighted by atomic mass is 9.71. The summed E-state index contributed by atoms with van der Waals surface area (Å²) in [6.45, 7) is 18.6. The van der Waals surface area contributed by atoms with Crippen LogP contribution in [-0.2, 0) is 0 Å². The quantitative estimate of drug-likeness (QED) is 0.481. The molecule has 1 unspecified atom stereocenters. The van der Waals surface area contributed by atoms with Crippen molar-refractivity contribution < 1.29 is 0 Å². The molecule has 0 aliphatic heterocycles. The van der Waals surface area contributed by atoms with Crippen LogP contribution in [0.2, 0.25) is 0 Å². The van der Waals surface area contributed by atoms with Gasteiger partial charge in [-0.2, -0.15) is 0 Å². The highest BCUT2D eigenvalue weighted by molar-refractivity contribution is 5.65. The third-order valence-corrected chi connectivity index (χ3v) is 4.45. The van der Waals surface area contributed by atoms with Gasteiger partial charge in [0.15, 0.2) is 0 Å². The first-order chi connectivity index (χ1) is 10.5. The molecule has 0 radical (unpaired) electrons. The fraction of sp³-hybridized carbons (Fsp3) is 0.273. The topological polar surface area (TPSA) is 0 Å². The Morgan fingerprint density at radius 1 is 0.909 bits per heavy atom. The van der Waals surface area contributed by atoms with Crippen LogP contribution < -0.4 is 0 Å². The van der Waals surface area contributed by atoms with Gasteiger partial charge in [-0.25, -0.2) is 0 Å². The molecule has 0 spiro atoms. The Morgan fingerprint density at radius 3 is 1.95 bits per heavy atom. The van der Waals surface area contributed by atoms with Crippen molar-refractivity contribution in [3.05, 3.63) is 95.7 Å². The molecule has 0 aromatic carbocycles. The van der Waals surface area contributed by atoms with Crippen LogP contribution >= 0.6 is 0 Å². The highest BCUT2D eigenvalue weighted by Gasteiger charge is 2.40. The zero-order valence-corrected chi connectivity index (χ0v) is 14.6. The highest BCUT2D eigenvalue weighted by Crippen LogP contribution is 2.52. The van der Waals surface area contributed by atoms with Crippen molar-refractivity contribution in [3.63, 3.8) is 0 Å². The molecule has 1 atom stereocenters. The number of allylic oxidation sites excluding steroid dienone is 14. The highest BCUT2D eigenvalue weighted by atomic mass is 14.4. The monoisotopic (exact) mass is 292 g/mol. The van der Waals surface area contributed by atoms with E-state index in [1.54, 1.807) is 0 Å². The van der Waals surface area contributed by atoms with Gasteiger partial charge in [0, 0.05) is 5.41 Å². The largest absolute Gasteiger partial charge is 0.0991 e. The second kappa shape index (κ2) is 7.79. The molecule has 1 aliphatic rings. The molecule has 0 bridgehead atoms. The third kappa shape index (κ3) is 3.06. The van der Waals surface area contributed by atoms with E-state index in [4.69, 9.17) is 0 Å². The van der Waals surface area contributed by atoms with E-state index in [1.165, 1.54) is 27.9 Å². The van der Waals surface area contributed by atoms with Crippen LogP contribution in [0.4, 0.5) is 0 Å².